The lowest BCUT2D eigenvalue weighted by molar-refractivity contribution is -0.138. The molecule has 4 rings (SSSR count). The fourth-order valence-corrected chi connectivity index (χ4v) is 5.02. The van der Waals surface area contributed by atoms with E-state index in [0.29, 0.717) is 36.1 Å². The summed E-state index contributed by atoms with van der Waals surface area (Å²) in [5.74, 6) is 1.27. The standard InChI is InChI=1S/C28H31NO6/c1-32-23-11-10-19(12-24(23)33-2)28-22(15-27(30)31)21-14-26(35-4)25(34-3)13-20(21)17-29(28)16-18-8-6-5-7-9-18/h5-14,22,28H,15-17H2,1-4H3,(H,30,31)/t22-,28+/m0/s1. The summed E-state index contributed by atoms with van der Waals surface area (Å²) < 4.78 is 22.1. The molecule has 0 aromatic heterocycles. The molecule has 2 atom stereocenters. The van der Waals surface area contributed by atoms with E-state index in [1.54, 1.807) is 28.4 Å². The van der Waals surface area contributed by atoms with Gasteiger partial charge >= 0.3 is 5.97 Å². The number of rotatable bonds is 9. The van der Waals surface area contributed by atoms with Crippen molar-refractivity contribution >= 4 is 5.97 Å². The van der Waals surface area contributed by atoms with Crippen LogP contribution in [0.2, 0.25) is 0 Å². The molecule has 0 aliphatic carbocycles. The number of nitrogens with zero attached hydrogens (tertiary/aromatic N) is 1. The minimum atomic E-state index is -0.859. The van der Waals surface area contributed by atoms with E-state index in [-0.39, 0.29) is 18.4 Å². The van der Waals surface area contributed by atoms with Crippen molar-refractivity contribution in [3.8, 4) is 23.0 Å². The van der Waals surface area contributed by atoms with Crippen LogP contribution in [-0.4, -0.2) is 44.4 Å². The predicted octanol–water partition coefficient (Wildman–Crippen LogP) is 5.04. The van der Waals surface area contributed by atoms with Crippen LogP contribution in [0.4, 0.5) is 0 Å². The Bertz CT molecular complexity index is 1180. The summed E-state index contributed by atoms with van der Waals surface area (Å²) in [4.78, 5) is 14.4. The number of carboxylic acids is 1. The Hall–Kier alpha value is -3.71. The second-order valence-corrected chi connectivity index (χ2v) is 8.56. The Morgan fingerprint density at radius 2 is 1.49 bits per heavy atom. The normalized spacial score (nSPS) is 17.4. The molecule has 0 saturated heterocycles. The lowest BCUT2D eigenvalue weighted by Gasteiger charge is -2.43. The fourth-order valence-electron chi connectivity index (χ4n) is 5.02. The van der Waals surface area contributed by atoms with Gasteiger partial charge in [-0.05, 0) is 46.5 Å². The SMILES string of the molecule is COc1ccc([C@@H]2[C@@H](CC(=O)O)c3cc(OC)c(OC)cc3CN2Cc2ccccc2)cc1OC. The predicted molar refractivity (Wildman–Crippen MR) is 133 cm³/mol. The topological polar surface area (TPSA) is 77.5 Å². The second-order valence-electron chi connectivity index (χ2n) is 8.56. The first kappa shape index (κ1) is 24.4. The Labute approximate surface area is 205 Å². The van der Waals surface area contributed by atoms with Gasteiger partial charge in [0.1, 0.15) is 0 Å². The van der Waals surface area contributed by atoms with E-state index in [1.165, 1.54) is 0 Å². The lowest BCUT2D eigenvalue weighted by atomic mass is 9.77. The van der Waals surface area contributed by atoms with Crippen LogP contribution in [0, 0.1) is 0 Å². The van der Waals surface area contributed by atoms with Crippen LogP contribution in [0.1, 0.15) is 40.6 Å². The van der Waals surface area contributed by atoms with Crippen molar-refractivity contribution in [3.63, 3.8) is 0 Å². The first-order valence-electron chi connectivity index (χ1n) is 11.5. The van der Waals surface area contributed by atoms with E-state index in [0.717, 1.165) is 22.3 Å². The summed E-state index contributed by atoms with van der Waals surface area (Å²) in [6.07, 6.45) is -0.0349. The van der Waals surface area contributed by atoms with Crippen molar-refractivity contribution in [2.45, 2.75) is 31.5 Å². The zero-order valence-corrected chi connectivity index (χ0v) is 20.5. The monoisotopic (exact) mass is 477 g/mol. The molecule has 3 aromatic carbocycles. The Balaban J connectivity index is 1.89. The molecule has 0 radical (unpaired) electrons. The third kappa shape index (κ3) is 5.05. The number of benzene rings is 3. The van der Waals surface area contributed by atoms with Crippen LogP contribution in [0.25, 0.3) is 0 Å². The molecule has 0 amide bonds. The van der Waals surface area contributed by atoms with Gasteiger partial charge in [0.05, 0.1) is 34.9 Å². The first-order valence-corrected chi connectivity index (χ1v) is 11.5. The minimum Gasteiger partial charge on any atom is -0.493 e. The van der Waals surface area contributed by atoms with Crippen molar-refractivity contribution < 1.29 is 28.8 Å². The smallest absolute Gasteiger partial charge is 0.304 e. The van der Waals surface area contributed by atoms with Gasteiger partial charge < -0.3 is 24.1 Å². The maximum Gasteiger partial charge on any atom is 0.304 e. The second kappa shape index (κ2) is 10.7. The summed E-state index contributed by atoms with van der Waals surface area (Å²) in [5.41, 5.74) is 4.09. The zero-order chi connectivity index (χ0) is 24.9. The molecule has 7 nitrogen and oxygen atoms in total. The number of hydrogen-bond acceptors (Lipinski definition) is 6. The quantitative estimate of drug-likeness (QED) is 0.463. The summed E-state index contributed by atoms with van der Waals surface area (Å²) in [5, 5.41) is 9.92. The van der Waals surface area contributed by atoms with Crippen molar-refractivity contribution in [1.29, 1.82) is 0 Å². The molecule has 184 valence electrons. The third-order valence-electron chi connectivity index (χ3n) is 6.56. The molecule has 0 spiro atoms. The van der Waals surface area contributed by atoms with Crippen molar-refractivity contribution in [3.05, 3.63) is 82.9 Å². The summed E-state index contributed by atoms with van der Waals surface area (Å²) in [6, 6.07) is 19.7. The number of ether oxygens (including phenoxy) is 4. The van der Waals surface area contributed by atoms with Gasteiger partial charge in [-0.2, -0.15) is 0 Å². The van der Waals surface area contributed by atoms with Gasteiger partial charge in [0, 0.05) is 25.0 Å². The lowest BCUT2D eigenvalue weighted by Crippen LogP contribution is -2.37. The highest BCUT2D eigenvalue weighted by Crippen LogP contribution is 2.49. The molecule has 0 unspecified atom stereocenters. The number of carbonyl (C=O) groups is 1. The molecule has 1 aliphatic rings. The van der Waals surface area contributed by atoms with E-state index in [4.69, 9.17) is 18.9 Å². The molecule has 1 aliphatic heterocycles. The van der Waals surface area contributed by atoms with Crippen LogP contribution < -0.4 is 18.9 Å². The maximum absolute atomic E-state index is 12.1. The average molecular weight is 478 g/mol. The summed E-state index contributed by atoms with van der Waals surface area (Å²) >= 11 is 0. The highest BCUT2D eigenvalue weighted by Gasteiger charge is 2.38. The van der Waals surface area contributed by atoms with Gasteiger partial charge in [0.2, 0.25) is 0 Å². The van der Waals surface area contributed by atoms with Crippen molar-refractivity contribution in [2.24, 2.45) is 0 Å². The molecule has 3 aromatic rings. The number of hydrogen-bond donors (Lipinski definition) is 1. The van der Waals surface area contributed by atoms with Crippen LogP contribution in [0.15, 0.2) is 60.7 Å². The Morgan fingerprint density at radius 3 is 2.11 bits per heavy atom. The van der Waals surface area contributed by atoms with Crippen molar-refractivity contribution in [2.75, 3.05) is 28.4 Å². The molecule has 1 heterocycles. The van der Waals surface area contributed by atoms with Gasteiger partial charge in [0.25, 0.3) is 0 Å². The molecule has 35 heavy (non-hydrogen) atoms. The van der Waals surface area contributed by atoms with Crippen LogP contribution in [-0.2, 0) is 17.9 Å². The molecule has 7 heteroatoms. The van der Waals surface area contributed by atoms with E-state index in [9.17, 15) is 9.90 Å². The molecular formula is C28H31NO6. The van der Waals surface area contributed by atoms with Crippen molar-refractivity contribution in [1.82, 2.24) is 4.90 Å². The van der Waals surface area contributed by atoms with E-state index < -0.39 is 5.97 Å². The van der Waals surface area contributed by atoms with Crippen LogP contribution in [0.3, 0.4) is 0 Å². The number of fused-ring (bicyclic) bond motifs is 1. The average Bonchev–Trinajstić information content (AvgIpc) is 2.88. The Kier molecular flexibility index (Phi) is 7.46. The van der Waals surface area contributed by atoms with Crippen LogP contribution in [0.5, 0.6) is 23.0 Å². The first-order chi connectivity index (χ1) is 17.0. The zero-order valence-electron chi connectivity index (χ0n) is 20.5. The van der Waals surface area contributed by atoms with Gasteiger partial charge in [0.15, 0.2) is 23.0 Å². The van der Waals surface area contributed by atoms with Gasteiger partial charge in [-0.25, -0.2) is 0 Å². The maximum atomic E-state index is 12.1. The third-order valence-corrected chi connectivity index (χ3v) is 6.56. The van der Waals surface area contributed by atoms with E-state index in [1.807, 2.05) is 48.5 Å². The fraction of sp³-hybridized carbons (Fsp3) is 0.321. The highest BCUT2D eigenvalue weighted by molar-refractivity contribution is 5.69. The Morgan fingerprint density at radius 1 is 0.857 bits per heavy atom. The van der Waals surface area contributed by atoms with Gasteiger partial charge in [-0.3, -0.25) is 9.69 Å². The summed E-state index contributed by atoms with van der Waals surface area (Å²) in [6.45, 7) is 1.28. The van der Waals surface area contributed by atoms with E-state index in [2.05, 4.69) is 17.0 Å². The molecular weight excluding hydrogens is 446 g/mol. The highest BCUT2D eigenvalue weighted by atomic mass is 16.5. The molecule has 1 N–H and O–H groups in total. The largest absolute Gasteiger partial charge is 0.493 e. The number of carboxylic acid groups (broad SMARTS) is 1. The van der Waals surface area contributed by atoms with Gasteiger partial charge in [-0.15, -0.1) is 0 Å². The summed E-state index contributed by atoms with van der Waals surface area (Å²) in [7, 11) is 6.40. The van der Waals surface area contributed by atoms with E-state index >= 15 is 0 Å². The van der Waals surface area contributed by atoms with Crippen LogP contribution >= 0.6 is 0 Å². The number of methoxy groups -OCH3 is 4. The van der Waals surface area contributed by atoms with Gasteiger partial charge in [-0.1, -0.05) is 36.4 Å². The minimum absolute atomic E-state index is 0.0349. The molecule has 0 saturated carbocycles. The number of aliphatic carboxylic acids is 1. The molecule has 0 fully saturated rings. The molecule has 0 bridgehead atoms.